The molecule has 0 unspecified atom stereocenters. The van der Waals surface area contributed by atoms with Crippen LogP contribution in [0.2, 0.25) is 0 Å². The van der Waals surface area contributed by atoms with Gasteiger partial charge in [-0.3, -0.25) is 14.7 Å². The molecular formula is C29H30IN7O. The molecule has 38 heavy (non-hydrogen) atoms. The first-order valence-corrected chi connectivity index (χ1v) is 13.5. The number of halogens is 1. The van der Waals surface area contributed by atoms with E-state index in [-0.39, 0.29) is 5.91 Å². The average molecular weight is 620 g/mol. The van der Waals surface area contributed by atoms with E-state index in [0.717, 1.165) is 60.9 Å². The summed E-state index contributed by atoms with van der Waals surface area (Å²) in [5.41, 5.74) is 6.21. The molecule has 1 N–H and O–H groups in total. The van der Waals surface area contributed by atoms with Crippen LogP contribution in [0.3, 0.4) is 0 Å². The first kappa shape index (κ1) is 26.2. The minimum absolute atomic E-state index is 0.0682. The van der Waals surface area contributed by atoms with Gasteiger partial charge >= 0.3 is 0 Å². The van der Waals surface area contributed by atoms with Crippen LogP contribution in [0.1, 0.15) is 21.5 Å². The van der Waals surface area contributed by atoms with Crippen LogP contribution in [0.5, 0.6) is 0 Å². The number of aromatic nitrogens is 3. The topological polar surface area (TPSA) is 77.5 Å². The van der Waals surface area contributed by atoms with E-state index in [1.165, 1.54) is 5.56 Å². The minimum atomic E-state index is -0.0682. The molecule has 0 radical (unpaired) electrons. The van der Waals surface area contributed by atoms with Gasteiger partial charge in [0.2, 0.25) is 5.95 Å². The van der Waals surface area contributed by atoms with Crippen molar-refractivity contribution in [3.8, 4) is 11.3 Å². The fraction of sp³-hybridized carbons (Fsp3) is 0.241. The predicted molar refractivity (Wildman–Crippen MR) is 160 cm³/mol. The van der Waals surface area contributed by atoms with E-state index in [4.69, 9.17) is 0 Å². The van der Waals surface area contributed by atoms with E-state index in [1.807, 2.05) is 55.5 Å². The lowest BCUT2D eigenvalue weighted by Crippen LogP contribution is -2.43. The van der Waals surface area contributed by atoms with Crippen LogP contribution in [0.4, 0.5) is 17.3 Å². The molecule has 1 fully saturated rings. The first-order valence-electron chi connectivity index (χ1n) is 12.6. The lowest BCUT2D eigenvalue weighted by molar-refractivity contribution is 0.101. The van der Waals surface area contributed by atoms with Crippen molar-refractivity contribution in [1.29, 1.82) is 0 Å². The zero-order valence-corrected chi connectivity index (χ0v) is 23.7. The van der Waals surface area contributed by atoms with E-state index in [2.05, 4.69) is 72.1 Å². The smallest absolute Gasteiger partial charge is 0.267 e. The number of hydrogen-bond acceptors (Lipinski definition) is 7. The maximum Gasteiger partial charge on any atom is 0.267 e. The van der Waals surface area contributed by atoms with Crippen molar-refractivity contribution < 1.29 is 4.79 Å². The maximum absolute atomic E-state index is 13.3. The number of nitrogens with one attached hydrogen (secondary N) is 1. The second kappa shape index (κ2) is 12.0. The van der Waals surface area contributed by atoms with Crippen LogP contribution >= 0.6 is 22.9 Å². The van der Waals surface area contributed by atoms with Gasteiger partial charge in [0.1, 0.15) is 0 Å². The molecule has 0 atom stereocenters. The molecule has 5 rings (SSSR count). The van der Waals surface area contributed by atoms with Crippen LogP contribution < -0.4 is 8.43 Å². The molecule has 1 saturated heterocycles. The highest BCUT2D eigenvalue weighted by Gasteiger charge is 2.18. The van der Waals surface area contributed by atoms with Gasteiger partial charge < -0.3 is 10.2 Å². The van der Waals surface area contributed by atoms with E-state index >= 15 is 0 Å². The van der Waals surface area contributed by atoms with Crippen molar-refractivity contribution in [3.05, 3.63) is 95.9 Å². The second-order valence-electron chi connectivity index (χ2n) is 9.49. The number of carbonyl (C=O) groups is 1. The van der Waals surface area contributed by atoms with Gasteiger partial charge in [-0.25, -0.2) is 13.1 Å². The van der Waals surface area contributed by atoms with E-state index in [1.54, 1.807) is 21.7 Å². The van der Waals surface area contributed by atoms with E-state index < -0.39 is 0 Å². The normalized spacial score (nSPS) is 14.3. The molecular weight excluding hydrogens is 589 g/mol. The number of likely N-dealkylation sites (N-methyl/N-ethyl adjacent to an activating group) is 1. The summed E-state index contributed by atoms with van der Waals surface area (Å²) in [6.07, 6.45) is 5.23. The average Bonchev–Trinajstić information content (AvgIpc) is 2.96. The standard InChI is InChI=1S/C29H30IN7O/c1-21-5-10-25(18-27(21)34-29-32-13-11-26(33-29)24-4-3-12-31-19-24)37(30)28(38)23-8-6-22(7-9-23)20-36-16-14-35(2)15-17-36/h3-13,18-19H,14-17,20H2,1-2H3,(H,32,33,34). The molecule has 0 bridgehead atoms. The number of nitrogens with zero attached hydrogens (tertiary/aromatic N) is 6. The maximum atomic E-state index is 13.3. The number of hydrogen-bond donors (Lipinski definition) is 1. The molecule has 2 aromatic heterocycles. The number of pyridine rings is 1. The van der Waals surface area contributed by atoms with Crippen LogP contribution in [0, 0.1) is 6.92 Å². The lowest BCUT2D eigenvalue weighted by Gasteiger charge is -2.32. The summed E-state index contributed by atoms with van der Waals surface area (Å²) in [5, 5.41) is 3.31. The number of piperazine rings is 1. The Bertz CT molecular complexity index is 1390. The minimum Gasteiger partial charge on any atom is -0.324 e. The Hall–Kier alpha value is -3.41. The summed E-state index contributed by atoms with van der Waals surface area (Å²) in [6.45, 7) is 7.25. The van der Waals surface area contributed by atoms with Crippen LogP contribution in [0.15, 0.2) is 79.3 Å². The largest absolute Gasteiger partial charge is 0.324 e. The van der Waals surface area contributed by atoms with Crippen LogP contribution in [0.25, 0.3) is 11.3 Å². The second-order valence-corrected chi connectivity index (χ2v) is 10.5. The van der Waals surface area contributed by atoms with Crippen LogP contribution in [-0.2, 0) is 6.54 Å². The Kier molecular flexibility index (Phi) is 8.26. The van der Waals surface area contributed by atoms with E-state index in [0.29, 0.717) is 11.5 Å². The highest BCUT2D eigenvalue weighted by atomic mass is 127. The molecule has 1 amide bonds. The third-order valence-electron chi connectivity index (χ3n) is 6.69. The highest BCUT2D eigenvalue weighted by Crippen LogP contribution is 2.29. The van der Waals surface area contributed by atoms with Gasteiger partial charge in [-0.05, 0) is 67.6 Å². The van der Waals surface area contributed by atoms with Crippen molar-refractivity contribution in [3.63, 3.8) is 0 Å². The summed E-state index contributed by atoms with van der Waals surface area (Å²) in [7, 11) is 2.16. The van der Waals surface area contributed by atoms with Crippen molar-refractivity contribution in [2.75, 3.05) is 41.7 Å². The Morgan fingerprint density at radius 1 is 1.03 bits per heavy atom. The molecule has 1 aliphatic rings. The number of aryl methyl sites for hydroxylation is 1. The third-order valence-corrected chi connectivity index (χ3v) is 7.68. The first-order chi connectivity index (χ1) is 18.5. The van der Waals surface area contributed by atoms with Gasteiger partial charge in [0.05, 0.1) is 34.2 Å². The van der Waals surface area contributed by atoms with Crippen LogP contribution in [-0.4, -0.2) is 63.9 Å². The van der Waals surface area contributed by atoms with Crippen molar-refractivity contribution in [2.45, 2.75) is 13.5 Å². The predicted octanol–water partition coefficient (Wildman–Crippen LogP) is 5.33. The van der Waals surface area contributed by atoms with Gasteiger partial charge in [-0.2, -0.15) is 0 Å². The fourth-order valence-electron chi connectivity index (χ4n) is 4.33. The number of amides is 1. The summed E-state index contributed by atoms with van der Waals surface area (Å²) < 4.78 is 1.64. The van der Waals surface area contributed by atoms with Crippen molar-refractivity contribution >= 4 is 46.1 Å². The Morgan fingerprint density at radius 2 is 1.82 bits per heavy atom. The summed E-state index contributed by atoms with van der Waals surface area (Å²) in [4.78, 5) is 31.3. The lowest BCUT2D eigenvalue weighted by atomic mass is 10.1. The number of anilines is 3. The van der Waals surface area contributed by atoms with Crippen molar-refractivity contribution in [2.24, 2.45) is 0 Å². The molecule has 8 nitrogen and oxygen atoms in total. The molecule has 9 heteroatoms. The summed E-state index contributed by atoms with van der Waals surface area (Å²) >= 11 is 2.07. The fourth-order valence-corrected chi connectivity index (χ4v) is 4.91. The monoisotopic (exact) mass is 619 g/mol. The molecule has 4 aromatic rings. The number of rotatable bonds is 7. The molecule has 2 aromatic carbocycles. The molecule has 0 aliphatic carbocycles. The van der Waals surface area contributed by atoms with Gasteiger partial charge in [0.15, 0.2) is 0 Å². The Labute approximate surface area is 237 Å². The third kappa shape index (κ3) is 6.35. The Balaban J connectivity index is 1.27. The van der Waals surface area contributed by atoms with Crippen molar-refractivity contribution in [1.82, 2.24) is 24.8 Å². The SMILES string of the molecule is Cc1ccc(N(I)C(=O)c2ccc(CN3CCN(C)CC3)cc2)cc1Nc1nccc(-c2cccnc2)n1. The van der Waals surface area contributed by atoms with E-state index in [9.17, 15) is 4.79 Å². The zero-order valence-electron chi connectivity index (χ0n) is 21.5. The number of carbonyl (C=O) groups excluding carboxylic acids is 1. The number of benzene rings is 2. The zero-order chi connectivity index (χ0) is 26.5. The molecule has 3 heterocycles. The highest BCUT2D eigenvalue weighted by molar-refractivity contribution is 14.1. The van der Waals surface area contributed by atoms with Gasteiger partial charge in [-0.1, -0.05) is 18.2 Å². The molecule has 194 valence electrons. The summed E-state index contributed by atoms with van der Waals surface area (Å²) in [5.74, 6) is 0.412. The van der Waals surface area contributed by atoms with Gasteiger partial charge in [0.25, 0.3) is 5.91 Å². The molecule has 0 saturated carbocycles. The molecule has 1 aliphatic heterocycles. The van der Waals surface area contributed by atoms with Gasteiger partial charge in [-0.15, -0.1) is 0 Å². The van der Waals surface area contributed by atoms with Gasteiger partial charge in [0, 0.05) is 68.1 Å². The summed E-state index contributed by atoms with van der Waals surface area (Å²) in [6, 6.07) is 19.5. The Morgan fingerprint density at radius 3 is 2.55 bits per heavy atom. The quantitative estimate of drug-likeness (QED) is 0.221. The molecule has 0 spiro atoms.